The summed E-state index contributed by atoms with van der Waals surface area (Å²) in [4.78, 5) is 13.6. The number of nitrogens with zero attached hydrogens (tertiary/aromatic N) is 1. The Morgan fingerprint density at radius 2 is 2.12 bits per heavy atom. The van der Waals surface area contributed by atoms with Crippen LogP contribution in [0.15, 0.2) is 0 Å². The summed E-state index contributed by atoms with van der Waals surface area (Å²) >= 11 is 0. The Bertz CT molecular complexity index is 231. The molecule has 0 aromatic carbocycles. The number of aliphatic hydroxyl groups is 1. The third kappa shape index (κ3) is 5.37. The molecule has 1 atom stereocenters. The number of carbonyl (C=O) groups is 1. The van der Waals surface area contributed by atoms with Gasteiger partial charge in [-0.15, -0.1) is 0 Å². The summed E-state index contributed by atoms with van der Waals surface area (Å²) in [6, 6.07) is 0.110. The molecule has 1 rings (SSSR count). The number of morpholine rings is 1. The van der Waals surface area contributed by atoms with Gasteiger partial charge in [0, 0.05) is 13.7 Å². The molecule has 0 aromatic heterocycles. The first-order valence-corrected chi connectivity index (χ1v) is 5.98. The van der Waals surface area contributed by atoms with Gasteiger partial charge in [0.1, 0.15) is 5.60 Å². The maximum Gasteiger partial charge on any atom is 0.410 e. The third-order valence-corrected chi connectivity index (χ3v) is 2.82. The van der Waals surface area contributed by atoms with Crippen molar-refractivity contribution in [2.45, 2.75) is 45.8 Å². The van der Waals surface area contributed by atoms with Crippen LogP contribution in [0.1, 0.15) is 34.1 Å². The minimum absolute atomic E-state index is 0.110. The number of hydrogen-bond acceptors (Lipinski definition) is 4. The van der Waals surface area contributed by atoms with E-state index in [1.165, 1.54) is 0 Å². The second-order valence-electron chi connectivity index (χ2n) is 4.60. The molecule has 1 aliphatic rings. The zero-order valence-corrected chi connectivity index (χ0v) is 11.5. The van der Waals surface area contributed by atoms with Crippen molar-refractivity contribution in [3.05, 3.63) is 0 Å². The van der Waals surface area contributed by atoms with E-state index in [-0.39, 0.29) is 17.7 Å². The van der Waals surface area contributed by atoms with Gasteiger partial charge in [0.2, 0.25) is 0 Å². The Labute approximate surface area is 104 Å². The Morgan fingerprint density at radius 1 is 1.53 bits per heavy atom. The van der Waals surface area contributed by atoms with Crippen molar-refractivity contribution in [2.75, 3.05) is 26.9 Å². The molecule has 1 amide bonds. The predicted molar refractivity (Wildman–Crippen MR) is 66.0 cm³/mol. The highest BCUT2D eigenvalue weighted by atomic mass is 16.6. The van der Waals surface area contributed by atoms with Crippen LogP contribution in [0.4, 0.5) is 4.79 Å². The summed E-state index contributed by atoms with van der Waals surface area (Å²) in [7, 11) is 1.00. The van der Waals surface area contributed by atoms with E-state index >= 15 is 0 Å². The summed E-state index contributed by atoms with van der Waals surface area (Å²) in [6.07, 6.45) is 0.593. The quantitative estimate of drug-likeness (QED) is 0.806. The predicted octanol–water partition coefficient (Wildman–Crippen LogP) is 1.64. The van der Waals surface area contributed by atoms with Gasteiger partial charge in [-0.2, -0.15) is 0 Å². The minimum Gasteiger partial charge on any atom is -0.443 e. The van der Waals surface area contributed by atoms with Crippen LogP contribution in [0.2, 0.25) is 0 Å². The van der Waals surface area contributed by atoms with Crippen LogP contribution in [-0.4, -0.2) is 54.6 Å². The summed E-state index contributed by atoms with van der Waals surface area (Å²) in [6.45, 7) is 9.66. The molecule has 0 bridgehead atoms. The lowest BCUT2D eigenvalue weighted by Gasteiger charge is -2.35. The van der Waals surface area contributed by atoms with Crippen LogP contribution in [0.25, 0.3) is 0 Å². The molecule has 0 spiro atoms. The van der Waals surface area contributed by atoms with E-state index in [4.69, 9.17) is 14.6 Å². The normalized spacial score (nSPS) is 20.4. The zero-order chi connectivity index (χ0) is 13.5. The van der Waals surface area contributed by atoms with E-state index in [9.17, 15) is 4.79 Å². The molecule has 0 aromatic rings. The van der Waals surface area contributed by atoms with Crippen molar-refractivity contribution in [3.8, 4) is 0 Å². The van der Waals surface area contributed by atoms with Crippen molar-refractivity contribution in [1.29, 1.82) is 0 Å². The van der Waals surface area contributed by atoms with Gasteiger partial charge in [0.25, 0.3) is 0 Å². The SMILES string of the molecule is CCC(C)(C)OC(=O)N1CCOCC1C.CO. The molecule has 1 saturated heterocycles. The Hall–Kier alpha value is -0.810. The van der Waals surface area contributed by atoms with Crippen molar-refractivity contribution in [3.63, 3.8) is 0 Å². The fourth-order valence-electron chi connectivity index (χ4n) is 1.37. The van der Waals surface area contributed by atoms with Gasteiger partial charge in [-0.05, 0) is 27.2 Å². The van der Waals surface area contributed by atoms with E-state index in [2.05, 4.69) is 0 Å². The van der Waals surface area contributed by atoms with Crippen molar-refractivity contribution in [2.24, 2.45) is 0 Å². The van der Waals surface area contributed by atoms with Crippen LogP contribution in [-0.2, 0) is 9.47 Å². The van der Waals surface area contributed by atoms with Gasteiger partial charge in [-0.3, -0.25) is 0 Å². The van der Waals surface area contributed by atoms with Crippen molar-refractivity contribution >= 4 is 6.09 Å². The number of hydrogen-bond donors (Lipinski definition) is 1. The van der Waals surface area contributed by atoms with Gasteiger partial charge in [-0.25, -0.2) is 4.79 Å². The Morgan fingerprint density at radius 3 is 2.59 bits per heavy atom. The molecule has 17 heavy (non-hydrogen) atoms. The first-order valence-electron chi connectivity index (χ1n) is 5.98. The molecule has 5 nitrogen and oxygen atoms in total. The molecule has 1 fully saturated rings. The van der Waals surface area contributed by atoms with Crippen LogP contribution in [0.5, 0.6) is 0 Å². The molecule has 1 aliphatic heterocycles. The fourth-order valence-corrected chi connectivity index (χ4v) is 1.37. The molecular formula is C12H25NO4. The molecule has 5 heteroatoms. The van der Waals surface area contributed by atoms with E-state index in [1.54, 1.807) is 4.90 Å². The Kier molecular flexibility index (Phi) is 7.15. The second-order valence-corrected chi connectivity index (χ2v) is 4.60. The number of amides is 1. The van der Waals surface area contributed by atoms with E-state index in [0.29, 0.717) is 19.8 Å². The fraction of sp³-hybridized carbons (Fsp3) is 0.917. The second kappa shape index (κ2) is 7.50. The number of rotatable bonds is 2. The van der Waals surface area contributed by atoms with E-state index in [1.807, 2.05) is 27.7 Å². The van der Waals surface area contributed by atoms with Gasteiger partial charge in [0.05, 0.1) is 19.3 Å². The van der Waals surface area contributed by atoms with Crippen LogP contribution >= 0.6 is 0 Å². The molecule has 1 heterocycles. The molecule has 0 radical (unpaired) electrons. The molecule has 0 aliphatic carbocycles. The lowest BCUT2D eigenvalue weighted by Crippen LogP contribution is -2.49. The zero-order valence-electron chi connectivity index (χ0n) is 11.5. The summed E-state index contributed by atoms with van der Waals surface area (Å²) < 4.78 is 10.7. The number of ether oxygens (including phenoxy) is 2. The number of aliphatic hydroxyl groups excluding tert-OH is 1. The van der Waals surface area contributed by atoms with Crippen LogP contribution in [0.3, 0.4) is 0 Å². The van der Waals surface area contributed by atoms with Gasteiger partial charge < -0.3 is 19.5 Å². The van der Waals surface area contributed by atoms with Gasteiger partial charge in [-0.1, -0.05) is 6.92 Å². The smallest absolute Gasteiger partial charge is 0.410 e. The first-order chi connectivity index (χ1) is 7.96. The molecule has 102 valence electrons. The van der Waals surface area contributed by atoms with Gasteiger partial charge >= 0.3 is 6.09 Å². The highest BCUT2D eigenvalue weighted by Crippen LogP contribution is 2.17. The lowest BCUT2D eigenvalue weighted by atomic mass is 10.1. The monoisotopic (exact) mass is 247 g/mol. The summed E-state index contributed by atoms with van der Waals surface area (Å²) in [5.74, 6) is 0. The maximum absolute atomic E-state index is 11.8. The highest BCUT2D eigenvalue weighted by Gasteiger charge is 2.29. The van der Waals surface area contributed by atoms with Crippen molar-refractivity contribution < 1.29 is 19.4 Å². The maximum atomic E-state index is 11.8. The standard InChI is InChI=1S/C11H21NO3.CH4O/c1-5-11(3,4)15-10(13)12-6-7-14-8-9(12)2;1-2/h9H,5-8H2,1-4H3;2H,1H3. The van der Waals surface area contributed by atoms with Gasteiger partial charge in [0.15, 0.2) is 0 Å². The van der Waals surface area contributed by atoms with E-state index < -0.39 is 0 Å². The molecular weight excluding hydrogens is 222 g/mol. The minimum atomic E-state index is -0.380. The lowest BCUT2D eigenvalue weighted by molar-refractivity contribution is -0.0337. The molecule has 0 saturated carbocycles. The number of carbonyl (C=O) groups excluding carboxylic acids is 1. The highest BCUT2D eigenvalue weighted by molar-refractivity contribution is 5.68. The average Bonchev–Trinajstić information content (AvgIpc) is 2.31. The van der Waals surface area contributed by atoms with Crippen LogP contribution in [0, 0.1) is 0 Å². The topological polar surface area (TPSA) is 59.0 Å². The summed E-state index contributed by atoms with van der Waals surface area (Å²) in [5.41, 5.74) is -0.380. The van der Waals surface area contributed by atoms with E-state index in [0.717, 1.165) is 13.5 Å². The first kappa shape index (κ1) is 16.2. The van der Waals surface area contributed by atoms with Crippen molar-refractivity contribution in [1.82, 2.24) is 4.90 Å². The molecule has 1 unspecified atom stereocenters. The third-order valence-electron chi connectivity index (χ3n) is 2.82. The molecule has 1 N–H and O–H groups in total. The average molecular weight is 247 g/mol. The Balaban J connectivity index is 0.00000121. The van der Waals surface area contributed by atoms with Crippen LogP contribution < -0.4 is 0 Å². The largest absolute Gasteiger partial charge is 0.443 e. The summed E-state index contributed by atoms with van der Waals surface area (Å²) in [5, 5.41) is 7.00.